The Hall–Kier alpha value is -3.51. The van der Waals surface area contributed by atoms with Gasteiger partial charge in [-0.25, -0.2) is 13.1 Å². The third kappa shape index (κ3) is 7.68. The molecule has 2 aromatic rings. The number of anilines is 1. The Morgan fingerprint density at radius 1 is 1.06 bits per heavy atom. The number of nitro groups is 1. The van der Waals surface area contributed by atoms with Gasteiger partial charge in [0.15, 0.2) is 6.61 Å². The van der Waals surface area contributed by atoms with Gasteiger partial charge in [-0.05, 0) is 43.3 Å². The van der Waals surface area contributed by atoms with Gasteiger partial charge in [0.2, 0.25) is 10.0 Å². The van der Waals surface area contributed by atoms with Gasteiger partial charge in [0.25, 0.3) is 11.6 Å². The maximum atomic E-state index is 12.2. The molecule has 0 aliphatic carbocycles. The van der Waals surface area contributed by atoms with Crippen LogP contribution < -0.4 is 14.8 Å². The number of non-ortho nitro benzene ring substituents is 1. The Balaban J connectivity index is 1.73. The molecule has 0 aliphatic rings. The van der Waals surface area contributed by atoms with Crippen LogP contribution in [0.3, 0.4) is 0 Å². The molecule has 31 heavy (non-hydrogen) atoms. The van der Waals surface area contributed by atoms with Crippen LogP contribution in [0, 0.1) is 10.1 Å². The Kier molecular flexibility index (Phi) is 8.46. The van der Waals surface area contributed by atoms with E-state index in [9.17, 15) is 28.1 Å². The summed E-state index contributed by atoms with van der Waals surface area (Å²) in [5, 5.41) is 13.0. The molecule has 11 nitrogen and oxygen atoms in total. The summed E-state index contributed by atoms with van der Waals surface area (Å²) in [6.07, 6.45) is -0.277. The summed E-state index contributed by atoms with van der Waals surface area (Å²) in [7, 11) is -3.81. The van der Waals surface area contributed by atoms with Crippen LogP contribution in [-0.2, 0) is 24.3 Å². The summed E-state index contributed by atoms with van der Waals surface area (Å²) in [6, 6.07) is 10.9. The highest BCUT2D eigenvalue weighted by Crippen LogP contribution is 2.16. The molecule has 0 radical (unpaired) electrons. The SMILES string of the molecule is CCOc1ccc(S(=O)(=O)NCCC(=O)OCC(=O)Nc2ccc([N+](=O)[O-])cc2)cc1. The van der Waals surface area contributed by atoms with E-state index >= 15 is 0 Å². The molecule has 0 saturated heterocycles. The van der Waals surface area contributed by atoms with Crippen LogP contribution in [0.15, 0.2) is 53.4 Å². The average molecular weight is 451 g/mol. The van der Waals surface area contributed by atoms with Crippen molar-refractivity contribution in [3.63, 3.8) is 0 Å². The second-order valence-electron chi connectivity index (χ2n) is 6.07. The molecule has 0 unspecified atom stereocenters. The van der Waals surface area contributed by atoms with Crippen molar-refractivity contribution in [3.05, 3.63) is 58.6 Å². The molecule has 0 aliphatic heterocycles. The van der Waals surface area contributed by atoms with Gasteiger partial charge >= 0.3 is 5.97 Å². The Morgan fingerprint density at radius 2 is 1.71 bits per heavy atom. The lowest BCUT2D eigenvalue weighted by atomic mass is 10.3. The van der Waals surface area contributed by atoms with Crippen LogP contribution in [0.2, 0.25) is 0 Å². The van der Waals surface area contributed by atoms with E-state index in [4.69, 9.17) is 9.47 Å². The van der Waals surface area contributed by atoms with Gasteiger partial charge in [0, 0.05) is 24.4 Å². The second-order valence-corrected chi connectivity index (χ2v) is 7.83. The zero-order valence-electron chi connectivity index (χ0n) is 16.6. The predicted octanol–water partition coefficient (Wildman–Crippen LogP) is 1.84. The lowest BCUT2D eigenvalue weighted by molar-refractivity contribution is -0.384. The number of nitrogens with one attached hydrogen (secondary N) is 2. The third-order valence-corrected chi connectivity index (χ3v) is 5.27. The fourth-order valence-electron chi connectivity index (χ4n) is 2.33. The van der Waals surface area contributed by atoms with Crippen molar-refractivity contribution in [1.82, 2.24) is 4.72 Å². The number of hydrogen-bond acceptors (Lipinski definition) is 8. The van der Waals surface area contributed by atoms with E-state index < -0.39 is 33.4 Å². The molecular formula is C19H21N3O8S. The molecular weight excluding hydrogens is 430 g/mol. The normalized spacial score (nSPS) is 10.9. The predicted molar refractivity (Wildman–Crippen MR) is 110 cm³/mol. The van der Waals surface area contributed by atoms with Crippen LogP contribution >= 0.6 is 0 Å². The quantitative estimate of drug-likeness (QED) is 0.298. The molecule has 1 amide bonds. The van der Waals surface area contributed by atoms with Crippen molar-refractivity contribution in [2.24, 2.45) is 0 Å². The number of sulfonamides is 1. The number of ether oxygens (including phenoxy) is 2. The van der Waals surface area contributed by atoms with Crippen LogP contribution in [0.5, 0.6) is 5.75 Å². The van der Waals surface area contributed by atoms with Crippen molar-refractivity contribution < 1.29 is 32.4 Å². The van der Waals surface area contributed by atoms with E-state index in [2.05, 4.69) is 10.0 Å². The van der Waals surface area contributed by atoms with Crippen molar-refractivity contribution in [2.45, 2.75) is 18.2 Å². The Bertz CT molecular complexity index is 1020. The topological polar surface area (TPSA) is 154 Å². The molecule has 0 saturated carbocycles. The van der Waals surface area contributed by atoms with Crippen LogP contribution in [0.4, 0.5) is 11.4 Å². The van der Waals surface area contributed by atoms with Crippen molar-refractivity contribution >= 4 is 33.3 Å². The standard InChI is InChI=1S/C19H21N3O8S/c1-2-29-16-7-9-17(10-8-16)31(27,28)20-12-11-19(24)30-13-18(23)21-14-3-5-15(6-4-14)22(25)26/h3-10,20H,2,11-13H2,1H3,(H,21,23). The van der Waals surface area contributed by atoms with Gasteiger partial charge < -0.3 is 14.8 Å². The maximum Gasteiger partial charge on any atom is 0.307 e. The number of nitro benzene ring substituents is 1. The van der Waals surface area contributed by atoms with E-state index in [0.29, 0.717) is 18.0 Å². The zero-order valence-corrected chi connectivity index (χ0v) is 17.4. The number of rotatable bonds is 11. The first kappa shape index (κ1) is 23.8. The van der Waals surface area contributed by atoms with E-state index in [1.54, 1.807) is 0 Å². The first-order valence-corrected chi connectivity index (χ1v) is 10.6. The minimum absolute atomic E-state index is 0.0202. The van der Waals surface area contributed by atoms with Gasteiger partial charge in [-0.1, -0.05) is 0 Å². The van der Waals surface area contributed by atoms with Gasteiger partial charge in [-0.2, -0.15) is 0 Å². The van der Waals surface area contributed by atoms with Crippen molar-refractivity contribution in [1.29, 1.82) is 0 Å². The van der Waals surface area contributed by atoms with Crippen LogP contribution in [0.1, 0.15) is 13.3 Å². The van der Waals surface area contributed by atoms with Crippen LogP contribution in [0.25, 0.3) is 0 Å². The number of carbonyl (C=O) groups excluding carboxylic acids is 2. The van der Waals surface area contributed by atoms with E-state index in [1.807, 2.05) is 6.92 Å². The molecule has 0 aromatic heterocycles. The lowest BCUT2D eigenvalue weighted by Crippen LogP contribution is -2.28. The zero-order chi connectivity index (χ0) is 22.9. The molecule has 2 N–H and O–H groups in total. The summed E-state index contributed by atoms with van der Waals surface area (Å²) < 4.78 is 36.7. The van der Waals surface area contributed by atoms with Gasteiger partial charge in [-0.15, -0.1) is 0 Å². The number of hydrogen-bond donors (Lipinski definition) is 2. The Labute approximate surface area is 178 Å². The summed E-state index contributed by atoms with van der Waals surface area (Å²) in [4.78, 5) is 33.6. The van der Waals surface area contributed by atoms with E-state index in [0.717, 1.165) is 0 Å². The second kappa shape index (κ2) is 11.0. The molecule has 166 valence electrons. The lowest BCUT2D eigenvalue weighted by Gasteiger charge is -2.09. The molecule has 0 spiro atoms. The molecule has 2 aromatic carbocycles. The summed E-state index contributed by atoms with van der Waals surface area (Å²) >= 11 is 0. The molecule has 0 fully saturated rings. The number of nitrogens with zero attached hydrogens (tertiary/aromatic N) is 1. The number of carbonyl (C=O) groups is 2. The fraction of sp³-hybridized carbons (Fsp3) is 0.263. The third-order valence-electron chi connectivity index (χ3n) is 3.79. The van der Waals surface area contributed by atoms with Gasteiger partial charge in [0.05, 0.1) is 22.8 Å². The maximum absolute atomic E-state index is 12.2. The highest BCUT2D eigenvalue weighted by molar-refractivity contribution is 7.89. The highest BCUT2D eigenvalue weighted by Gasteiger charge is 2.15. The van der Waals surface area contributed by atoms with Crippen molar-refractivity contribution in [2.75, 3.05) is 25.1 Å². The minimum atomic E-state index is -3.81. The highest BCUT2D eigenvalue weighted by atomic mass is 32.2. The summed E-state index contributed by atoms with van der Waals surface area (Å²) in [5.74, 6) is -0.873. The Morgan fingerprint density at radius 3 is 2.29 bits per heavy atom. The summed E-state index contributed by atoms with van der Waals surface area (Å²) in [5.41, 5.74) is 0.173. The van der Waals surface area contributed by atoms with Crippen molar-refractivity contribution in [3.8, 4) is 5.75 Å². The first-order chi connectivity index (χ1) is 14.7. The summed E-state index contributed by atoms with van der Waals surface area (Å²) in [6.45, 7) is 1.47. The van der Waals surface area contributed by atoms with Crippen LogP contribution in [-0.4, -0.2) is 45.0 Å². The molecule has 0 atom stereocenters. The molecule has 2 rings (SSSR count). The smallest absolute Gasteiger partial charge is 0.307 e. The first-order valence-electron chi connectivity index (χ1n) is 9.13. The van der Waals surface area contributed by atoms with E-state index in [1.165, 1.54) is 48.5 Å². The molecule has 0 bridgehead atoms. The largest absolute Gasteiger partial charge is 0.494 e. The fourth-order valence-corrected chi connectivity index (χ4v) is 3.37. The number of benzene rings is 2. The number of amides is 1. The van der Waals surface area contributed by atoms with E-state index in [-0.39, 0.29) is 23.5 Å². The molecule has 12 heteroatoms. The minimum Gasteiger partial charge on any atom is -0.494 e. The molecule has 0 heterocycles. The number of esters is 1. The van der Waals surface area contributed by atoms with Gasteiger partial charge in [0.1, 0.15) is 5.75 Å². The van der Waals surface area contributed by atoms with Gasteiger partial charge in [-0.3, -0.25) is 19.7 Å². The average Bonchev–Trinajstić information content (AvgIpc) is 2.73. The monoisotopic (exact) mass is 451 g/mol.